The van der Waals surface area contributed by atoms with Gasteiger partial charge in [-0.25, -0.2) is 13.2 Å². The molecule has 12 heavy (non-hydrogen) atoms. The second-order valence-electron chi connectivity index (χ2n) is 3.03. The molecule has 1 saturated heterocycles. The van der Waals surface area contributed by atoms with Gasteiger partial charge in [-0.2, -0.15) is 0 Å². The average molecular weight is 184 g/mol. The molecule has 1 aliphatic heterocycles. The molecule has 3 unspecified atom stereocenters. The Labute approximate surface area is 68.6 Å². The van der Waals surface area contributed by atoms with E-state index < -0.39 is 18.6 Å². The van der Waals surface area contributed by atoms with Gasteiger partial charge in [-0.3, -0.25) is 0 Å². The second-order valence-corrected chi connectivity index (χ2v) is 3.03. The zero-order chi connectivity index (χ0) is 9.35. The molecule has 2 nitrogen and oxygen atoms in total. The monoisotopic (exact) mass is 184 g/mol. The Bertz CT molecular complexity index is 165. The van der Waals surface area contributed by atoms with E-state index >= 15 is 0 Å². The lowest BCUT2D eigenvalue weighted by molar-refractivity contribution is -0.374. The van der Waals surface area contributed by atoms with Gasteiger partial charge >= 0.3 is 0 Å². The molecule has 0 amide bonds. The van der Waals surface area contributed by atoms with E-state index in [0.29, 0.717) is 6.61 Å². The first-order valence-corrected chi connectivity index (χ1v) is 3.69. The maximum Gasteiger partial charge on any atom is 0.293 e. The van der Waals surface area contributed by atoms with Gasteiger partial charge in [0.2, 0.25) is 0 Å². The first-order valence-electron chi connectivity index (χ1n) is 3.69. The van der Waals surface area contributed by atoms with E-state index in [-0.39, 0.29) is 5.92 Å². The fourth-order valence-corrected chi connectivity index (χ4v) is 0.910. The molecule has 0 aromatic carbocycles. The Hall–Kier alpha value is -0.290. The number of rotatable bonds is 3. The highest BCUT2D eigenvalue weighted by Crippen LogP contribution is 2.35. The highest BCUT2D eigenvalue weighted by Gasteiger charge is 2.45. The van der Waals surface area contributed by atoms with Crippen molar-refractivity contribution in [1.29, 1.82) is 0 Å². The van der Waals surface area contributed by atoms with Gasteiger partial charge in [0.1, 0.15) is 0 Å². The van der Waals surface area contributed by atoms with E-state index in [9.17, 15) is 13.2 Å². The van der Waals surface area contributed by atoms with Crippen molar-refractivity contribution < 1.29 is 22.6 Å². The molecule has 0 aliphatic carbocycles. The standard InChI is InChI=1S/C7H11F3O2/c1-4-3-11-7(4,2)12-6(10)5(8)9/h4-6H,3H2,1-2H3. The summed E-state index contributed by atoms with van der Waals surface area (Å²) in [6.45, 7) is 3.63. The lowest BCUT2D eigenvalue weighted by Crippen LogP contribution is -2.53. The first kappa shape index (κ1) is 9.80. The summed E-state index contributed by atoms with van der Waals surface area (Å²) in [4.78, 5) is 0. The van der Waals surface area contributed by atoms with Crippen molar-refractivity contribution in [2.45, 2.75) is 32.4 Å². The van der Waals surface area contributed by atoms with Gasteiger partial charge in [0, 0.05) is 5.92 Å². The summed E-state index contributed by atoms with van der Waals surface area (Å²) in [7, 11) is 0. The normalized spacial score (nSPS) is 38.0. The molecular formula is C7H11F3O2. The van der Waals surface area contributed by atoms with Gasteiger partial charge < -0.3 is 9.47 Å². The van der Waals surface area contributed by atoms with Gasteiger partial charge in [0.15, 0.2) is 5.79 Å². The van der Waals surface area contributed by atoms with Crippen LogP contribution in [0.4, 0.5) is 13.2 Å². The van der Waals surface area contributed by atoms with Gasteiger partial charge in [0.05, 0.1) is 6.61 Å². The van der Waals surface area contributed by atoms with Crippen molar-refractivity contribution in [3.8, 4) is 0 Å². The summed E-state index contributed by atoms with van der Waals surface area (Å²) in [5.74, 6) is -1.22. The molecule has 0 aromatic rings. The largest absolute Gasteiger partial charge is 0.349 e. The maximum absolute atomic E-state index is 12.4. The summed E-state index contributed by atoms with van der Waals surface area (Å²) < 4.78 is 45.0. The van der Waals surface area contributed by atoms with Crippen LogP contribution in [-0.2, 0) is 9.47 Å². The predicted molar refractivity (Wildman–Crippen MR) is 35.5 cm³/mol. The van der Waals surface area contributed by atoms with E-state index in [1.165, 1.54) is 6.92 Å². The minimum Gasteiger partial charge on any atom is -0.349 e. The van der Waals surface area contributed by atoms with Crippen molar-refractivity contribution in [2.75, 3.05) is 6.61 Å². The summed E-state index contributed by atoms with van der Waals surface area (Å²) >= 11 is 0. The third kappa shape index (κ3) is 1.72. The SMILES string of the molecule is CC1COC1(C)OC(F)C(F)F. The van der Waals surface area contributed by atoms with Crippen molar-refractivity contribution >= 4 is 0 Å². The number of hydrogen-bond donors (Lipinski definition) is 0. The van der Waals surface area contributed by atoms with Crippen LogP contribution in [0.25, 0.3) is 0 Å². The van der Waals surface area contributed by atoms with Gasteiger partial charge in [-0.15, -0.1) is 0 Å². The zero-order valence-corrected chi connectivity index (χ0v) is 6.89. The van der Waals surface area contributed by atoms with Crippen LogP contribution >= 0.6 is 0 Å². The average Bonchev–Trinajstić information content (AvgIpc) is 2.01. The zero-order valence-electron chi connectivity index (χ0n) is 6.89. The van der Waals surface area contributed by atoms with Crippen molar-refractivity contribution in [3.05, 3.63) is 0 Å². The third-order valence-corrected chi connectivity index (χ3v) is 2.06. The lowest BCUT2D eigenvalue weighted by Gasteiger charge is -2.44. The summed E-state index contributed by atoms with van der Waals surface area (Å²) in [5, 5.41) is 0. The molecule has 0 bridgehead atoms. The molecule has 0 radical (unpaired) electrons. The Morgan fingerprint density at radius 2 is 2.08 bits per heavy atom. The number of ether oxygens (including phenoxy) is 2. The fraction of sp³-hybridized carbons (Fsp3) is 1.00. The molecule has 1 fully saturated rings. The molecule has 5 heteroatoms. The van der Waals surface area contributed by atoms with Crippen LogP contribution in [0.15, 0.2) is 0 Å². The fourth-order valence-electron chi connectivity index (χ4n) is 0.910. The Kier molecular flexibility index (Phi) is 2.63. The van der Waals surface area contributed by atoms with E-state index in [2.05, 4.69) is 4.74 Å². The summed E-state index contributed by atoms with van der Waals surface area (Å²) in [6.07, 6.45) is -5.67. The van der Waals surface area contributed by atoms with Crippen LogP contribution in [0.5, 0.6) is 0 Å². The number of halogens is 3. The van der Waals surface area contributed by atoms with Crippen LogP contribution in [0.3, 0.4) is 0 Å². The minimum absolute atomic E-state index is 0.0468. The molecule has 0 saturated carbocycles. The molecule has 1 aliphatic rings. The molecule has 0 spiro atoms. The van der Waals surface area contributed by atoms with Crippen LogP contribution in [0.1, 0.15) is 13.8 Å². The van der Waals surface area contributed by atoms with E-state index in [0.717, 1.165) is 0 Å². The molecule has 1 heterocycles. The lowest BCUT2D eigenvalue weighted by atomic mass is 9.98. The van der Waals surface area contributed by atoms with E-state index in [1.54, 1.807) is 6.92 Å². The van der Waals surface area contributed by atoms with Crippen molar-refractivity contribution in [3.63, 3.8) is 0 Å². The number of alkyl halides is 3. The molecule has 3 atom stereocenters. The van der Waals surface area contributed by atoms with E-state index in [1.807, 2.05) is 0 Å². The van der Waals surface area contributed by atoms with Gasteiger partial charge in [-0.1, -0.05) is 6.92 Å². The van der Waals surface area contributed by atoms with Crippen molar-refractivity contribution in [2.24, 2.45) is 5.92 Å². The van der Waals surface area contributed by atoms with Crippen LogP contribution in [-0.4, -0.2) is 25.2 Å². The highest BCUT2D eigenvalue weighted by atomic mass is 19.3. The second kappa shape index (κ2) is 3.22. The number of hydrogen-bond acceptors (Lipinski definition) is 2. The topological polar surface area (TPSA) is 18.5 Å². The van der Waals surface area contributed by atoms with Crippen LogP contribution in [0, 0.1) is 5.92 Å². The van der Waals surface area contributed by atoms with Gasteiger partial charge in [-0.05, 0) is 6.92 Å². The van der Waals surface area contributed by atoms with E-state index in [4.69, 9.17) is 4.74 Å². The summed E-state index contributed by atoms with van der Waals surface area (Å²) in [6, 6.07) is 0. The Morgan fingerprint density at radius 3 is 2.33 bits per heavy atom. The predicted octanol–water partition coefficient (Wildman–Crippen LogP) is 1.95. The molecule has 0 aromatic heterocycles. The first-order chi connectivity index (χ1) is 5.46. The van der Waals surface area contributed by atoms with Gasteiger partial charge in [0.25, 0.3) is 12.8 Å². The minimum atomic E-state index is -3.11. The van der Waals surface area contributed by atoms with Crippen molar-refractivity contribution in [1.82, 2.24) is 0 Å². The molecule has 1 rings (SSSR count). The molecular weight excluding hydrogens is 173 g/mol. The maximum atomic E-state index is 12.4. The molecule has 72 valence electrons. The highest BCUT2D eigenvalue weighted by molar-refractivity contribution is 4.80. The Morgan fingerprint density at radius 1 is 1.50 bits per heavy atom. The quantitative estimate of drug-likeness (QED) is 0.667. The summed E-state index contributed by atoms with van der Waals surface area (Å²) in [5.41, 5.74) is 0. The molecule has 0 N–H and O–H groups in total. The third-order valence-electron chi connectivity index (χ3n) is 2.06. The van der Waals surface area contributed by atoms with Crippen LogP contribution in [0.2, 0.25) is 0 Å². The van der Waals surface area contributed by atoms with Crippen LogP contribution < -0.4 is 0 Å². The Balaban J connectivity index is 2.39. The smallest absolute Gasteiger partial charge is 0.293 e.